The quantitative estimate of drug-likeness (QED) is 0.919. The Kier molecular flexibility index (Phi) is 3.29. The standard InChI is InChI=1S/C15H21N3O/c1-10-5-14-15(6-11(10)2)18(9-17-14)8-13-4-3-12(7-16)19-13/h5-6,9,12-13H,3-4,7-8,16H2,1-2H3. The highest BCUT2D eigenvalue weighted by molar-refractivity contribution is 5.77. The third-order valence-corrected chi connectivity index (χ3v) is 4.10. The number of nitrogens with zero attached hydrogens (tertiary/aromatic N) is 2. The SMILES string of the molecule is Cc1cc2ncn(CC3CCC(CN)O3)c2cc1C. The van der Waals surface area contributed by atoms with Crippen LogP contribution >= 0.6 is 0 Å². The molecule has 0 amide bonds. The molecule has 19 heavy (non-hydrogen) atoms. The van der Waals surface area contributed by atoms with Crippen molar-refractivity contribution >= 4 is 11.0 Å². The van der Waals surface area contributed by atoms with Crippen LogP contribution in [0, 0.1) is 13.8 Å². The predicted molar refractivity (Wildman–Crippen MR) is 76.2 cm³/mol. The largest absolute Gasteiger partial charge is 0.372 e. The molecule has 0 radical (unpaired) electrons. The van der Waals surface area contributed by atoms with Crippen molar-refractivity contribution in [1.82, 2.24) is 9.55 Å². The van der Waals surface area contributed by atoms with Crippen molar-refractivity contribution in [2.24, 2.45) is 5.73 Å². The highest BCUT2D eigenvalue weighted by Gasteiger charge is 2.24. The Morgan fingerprint density at radius 3 is 2.74 bits per heavy atom. The third-order valence-electron chi connectivity index (χ3n) is 4.10. The first-order valence-electron chi connectivity index (χ1n) is 6.95. The molecule has 1 aliphatic heterocycles. The molecule has 1 fully saturated rings. The Labute approximate surface area is 113 Å². The Bertz CT molecular complexity index is 590. The van der Waals surface area contributed by atoms with Crippen molar-refractivity contribution in [1.29, 1.82) is 0 Å². The molecule has 1 aromatic heterocycles. The highest BCUT2D eigenvalue weighted by atomic mass is 16.5. The summed E-state index contributed by atoms with van der Waals surface area (Å²) in [6.45, 7) is 5.76. The number of hydrogen-bond acceptors (Lipinski definition) is 3. The molecule has 4 nitrogen and oxygen atoms in total. The maximum Gasteiger partial charge on any atom is 0.0959 e. The number of fused-ring (bicyclic) bond motifs is 1. The Morgan fingerprint density at radius 1 is 1.26 bits per heavy atom. The van der Waals surface area contributed by atoms with Gasteiger partial charge in [-0.05, 0) is 49.9 Å². The van der Waals surface area contributed by atoms with Crippen LogP contribution in [0.5, 0.6) is 0 Å². The molecule has 0 spiro atoms. The normalized spacial score (nSPS) is 23.3. The molecule has 2 heterocycles. The molecule has 2 aromatic rings. The number of benzene rings is 1. The summed E-state index contributed by atoms with van der Waals surface area (Å²) in [5, 5.41) is 0. The van der Waals surface area contributed by atoms with E-state index < -0.39 is 0 Å². The first kappa shape index (κ1) is 12.6. The fourth-order valence-electron chi connectivity index (χ4n) is 2.77. The number of imidazole rings is 1. The lowest BCUT2D eigenvalue weighted by molar-refractivity contribution is 0.0412. The second kappa shape index (κ2) is 4.94. The number of aromatic nitrogens is 2. The van der Waals surface area contributed by atoms with E-state index in [9.17, 15) is 0 Å². The first-order chi connectivity index (χ1) is 9.17. The molecule has 2 atom stereocenters. The summed E-state index contributed by atoms with van der Waals surface area (Å²) >= 11 is 0. The molecule has 2 unspecified atom stereocenters. The number of nitrogens with two attached hydrogens (primary N) is 1. The van der Waals surface area contributed by atoms with Crippen molar-refractivity contribution in [3.63, 3.8) is 0 Å². The molecule has 0 saturated carbocycles. The molecule has 2 N–H and O–H groups in total. The van der Waals surface area contributed by atoms with Crippen LogP contribution in [0.4, 0.5) is 0 Å². The van der Waals surface area contributed by atoms with Crippen LogP contribution in [0.25, 0.3) is 11.0 Å². The summed E-state index contributed by atoms with van der Waals surface area (Å²) < 4.78 is 8.11. The number of ether oxygens (including phenoxy) is 1. The summed E-state index contributed by atoms with van der Waals surface area (Å²) in [6, 6.07) is 4.37. The van der Waals surface area contributed by atoms with Gasteiger partial charge in [-0.1, -0.05) is 0 Å². The second-order valence-electron chi connectivity index (χ2n) is 5.52. The number of aryl methyl sites for hydroxylation is 2. The lowest BCUT2D eigenvalue weighted by atomic mass is 10.1. The summed E-state index contributed by atoms with van der Waals surface area (Å²) in [6.07, 6.45) is 4.59. The molecule has 102 valence electrons. The van der Waals surface area contributed by atoms with Gasteiger partial charge in [0.25, 0.3) is 0 Å². The molecule has 1 aromatic carbocycles. The maximum atomic E-state index is 5.91. The fraction of sp³-hybridized carbons (Fsp3) is 0.533. The summed E-state index contributed by atoms with van der Waals surface area (Å²) in [4.78, 5) is 4.48. The van der Waals surface area contributed by atoms with Gasteiger partial charge in [0.2, 0.25) is 0 Å². The third kappa shape index (κ3) is 2.38. The molecule has 0 aliphatic carbocycles. The van der Waals surface area contributed by atoms with E-state index in [0.29, 0.717) is 6.54 Å². The van der Waals surface area contributed by atoms with Crippen molar-refractivity contribution in [2.45, 2.75) is 45.4 Å². The van der Waals surface area contributed by atoms with Crippen molar-refractivity contribution < 1.29 is 4.74 Å². The zero-order valence-corrected chi connectivity index (χ0v) is 11.6. The lowest BCUT2D eigenvalue weighted by Gasteiger charge is -2.13. The monoisotopic (exact) mass is 259 g/mol. The predicted octanol–water partition coefficient (Wildman–Crippen LogP) is 2.16. The van der Waals surface area contributed by atoms with Crippen molar-refractivity contribution in [3.05, 3.63) is 29.6 Å². The van der Waals surface area contributed by atoms with E-state index in [4.69, 9.17) is 10.5 Å². The Hall–Kier alpha value is -1.39. The molecule has 0 bridgehead atoms. The van der Waals surface area contributed by atoms with Crippen LogP contribution in [0.1, 0.15) is 24.0 Å². The average Bonchev–Trinajstić information content (AvgIpc) is 2.99. The molecule has 1 saturated heterocycles. The smallest absolute Gasteiger partial charge is 0.0959 e. The van der Waals surface area contributed by atoms with Gasteiger partial charge in [-0.3, -0.25) is 0 Å². The van der Waals surface area contributed by atoms with Crippen molar-refractivity contribution in [2.75, 3.05) is 6.54 Å². The zero-order chi connectivity index (χ0) is 13.4. The molecule has 3 rings (SSSR count). The maximum absolute atomic E-state index is 5.91. The van der Waals surface area contributed by atoms with E-state index >= 15 is 0 Å². The van der Waals surface area contributed by atoms with Gasteiger partial charge in [0.05, 0.1) is 36.1 Å². The average molecular weight is 259 g/mol. The van der Waals surface area contributed by atoms with Crippen molar-refractivity contribution in [3.8, 4) is 0 Å². The van der Waals surface area contributed by atoms with Gasteiger partial charge in [-0.15, -0.1) is 0 Å². The van der Waals surface area contributed by atoms with E-state index in [-0.39, 0.29) is 12.2 Å². The fourth-order valence-corrected chi connectivity index (χ4v) is 2.77. The van der Waals surface area contributed by atoms with E-state index in [1.807, 2.05) is 6.33 Å². The van der Waals surface area contributed by atoms with Gasteiger partial charge in [0, 0.05) is 6.54 Å². The second-order valence-corrected chi connectivity index (χ2v) is 5.52. The van der Waals surface area contributed by atoms with Crippen LogP contribution < -0.4 is 5.73 Å². The molecule has 4 heteroatoms. The lowest BCUT2D eigenvalue weighted by Crippen LogP contribution is -2.22. The number of rotatable bonds is 3. The van der Waals surface area contributed by atoms with Gasteiger partial charge in [-0.25, -0.2) is 4.98 Å². The Morgan fingerprint density at radius 2 is 2.00 bits per heavy atom. The minimum absolute atomic E-state index is 0.240. The summed E-state index contributed by atoms with van der Waals surface area (Å²) in [5.41, 5.74) is 10.5. The van der Waals surface area contributed by atoms with Crippen LogP contribution in [0.15, 0.2) is 18.5 Å². The van der Waals surface area contributed by atoms with Crippen LogP contribution in [0.3, 0.4) is 0 Å². The molecule has 1 aliphatic rings. The van der Waals surface area contributed by atoms with Crippen LogP contribution in [-0.2, 0) is 11.3 Å². The first-order valence-corrected chi connectivity index (χ1v) is 6.95. The van der Waals surface area contributed by atoms with E-state index in [0.717, 1.165) is 24.9 Å². The molecular weight excluding hydrogens is 238 g/mol. The van der Waals surface area contributed by atoms with Crippen LogP contribution in [-0.4, -0.2) is 28.3 Å². The van der Waals surface area contributed by atoms with Gasteiger partial charge in [-0.2, -0.15) is 0 Å². The molecular formula is C15H21N3O. The number of hydrogen-bond donors (Lipinski definition) is 1. The van der Waals surface area contributed by atoms with Gasteiger partial charge in [0.1, 0.15) is 0 Å². The van der Waals surface area contributed by atoms with E-state index in [1.54, 1.807) is 0 Å². The summed E-state index contributed by atoms with van der Waals surface area (Å²) in [7, 11) is 0. The van der Waals surface area contributed by atoms with Crippen LogP contribution in [0.2, 0.25) is 0 Å². The van der Waals surface area contributed by atoms with Gasteiger partial charge in [0.15, 0.2) is 0 Å². The minimum atomic E-state index is 0.240. The Balaban J connectivity index is 1.84. The van der Waals surface area contributed by atoms with E-state index in [2.05, 4.69) is 35.5 Å². The van der Waals surface area contributed by atoms with Gasteiger partial charge < -0.3 is 15.0 Å². The summed E-state index contributed by atoms with van der Waals surface area (Å²) in [5.74, 6) is 0. The highest BCUT2D eigenvalue weighted by Crippen LogP contribution is 2.23. The minimum Gasteiger partial charge on any atom is -0.372 e. The van der Waals surface area contributed by atoms with Gasteiger partial charge >= 0.3 is 0 Å². The topological polar surface area (TPSA) is 53.1 Å². The zero-order valence-electron chi connectivity index (χ0n) is 11.6. The van der Waals surface area contributed by atoms with E-state index in [1.165, 1.54) is 16.6 Å².